The number of amides is 1. The summed E-state index contributed by atoms with van der Waals surface area (Å²) < 4.78 is 0. The zero-order valence-corrected chi connectivity index (χ0v) is 19.8. The fraction of sp³-hybridized carbons (Fsp3) is 0.346. The molecular formula is C26H29ClN6O. The molecule has 7 nitrogen and oxygen atoms in total. The molecule has 0 saturated carbocycles. The summed E-state index contributed by atoms with van der Waals surface area (Å²) in [5.74, 6) is 0.298. The normalized spacial score (nSPS) is 18.2. The number of nitrogens with one attached hydrogen (secondary N) is 2. The van der Waals surface area contributed by atoms with Crippen LogP contribution in [0.25, 0.3) is 0 Å². The van der Waals surface area contributed by atoms with Crippen LogP contribution in [0.15, 0.2) is 48.7 Å². The molecule has 1 aromatic heterocycles. The van der Waals surface area contributed by atoms with Gasteiger partial charge in [-0.3, -0.25) is 4.79 Å². The summed E-state index contributed by atoms with van der Waals surface area (Å²) in [7, 11) is 0. The lowest BCUT2D eigenvalue weighted by Gasteiger charge is -2.25. The maximum Gasteiger partial charge on any atom is 0.250 e. The maximum absolute atomic E-state index is 11.7. The quantitative estimate of drug-likeness (QED) is 0.430. The third-order valence-electron chi connectivity index (χ3n) is 6.80. The Balaban J connectivity index is 1.31. The fourth-order valence-corrected chi connectivity index (χ4v) is 5.16. The number of rotatable bonds is 6. The van der Waals surface area contributed by atoms with Crippen LogP contribution in [0.2, 0.25) is 5.02 Å². The topological polar surface area (TPSA) is 96.2 Å². The average Bonchev–Trinajstić information content (AvgIpc) is 3.29. The molecule has 1 saturated heterocycles. The molecular weight excluding hydrogens is 448 g/mol. The number of anilines is 4. The van der Waals surface area contributed by atoms with Crippen LogP contribution >= 0.6 is 11.6 Å². The Bertz CT molecular complexity index is 1190. The molecule has 8 heteroatoms. The number of likely N-dealkylation sites (tertiary alicyclic amines) is 1. The molecule has 2 heterocycles. The highest BCUT2D eigenvalue weighted by Gasteiger charge is 2.24. The lowest BCUT2D eigenvalue weighted by Crippen LogP contribution is -2.32. The smallest absolute Gasteiger partial charge is 0.250 e. The second-order valence-electron chi connectivity index (χ2n) is 9.01. The van der Waals surface area contributed by atoms with E-state index in [1.165, 1.54) is 56.1 Å². The molecule has 0 spiro atoms. The van der Waals surface area contributed by atoms with Crippen LogP contribution in [0.4, 0.5) is 23.1 Å². The van der Waals surface area contributed by atoms with Gasteiger partial charge in [0.15, 0.2) is 5.82 Å². The summed E-state index contributed by atoms with van der Waals surface area (Å²) in [5.41, 5.74) is 10.2. The van der Waals surface area contributed by atoms with Crippen molar-refractivity contribution < 1.29 is 4.79 Å². The third-order valence-corrected chi connectivity index (χ3v) is 7.08. The Kier molecular flexibility index (Phi) is 6.65. The van der Waals surface area contributed by atoms with Crippen LogP contribution in [-0.4, -0.2) is 39.9 Å². The molecule has 4 N–H and O–H groups in total. The number of carbonyl (C=O) groups is 1. The number of nitrogens with two attached hydrogens (primary N) is 1. The number of hydrogen-bond donors (Lipinski definition) is 3. The fourth-order valence-electron chi connectivity index (χ4n) is 5.02. The number of aryl methyl sites for hydroxylation is 2. The highest BCUT2D eigenvalue weighted by Crippen LogP contribution is 2.30. The molecule has 0 bridgehead atoms. The van der Waals surface area contributed by atoms with Crippen LogP contribution in [0.3, 0.4) is 0 Å². The lowest BCUT2D eigenvalue weighted by atomic mass is 10.0. The van der Waals surface area contributed by atoms with Crippen molar-refractivity contribution in [2.24, 2.45) is 5.73 Å². The molecule has 1 amide bonds. The van der Waals surface area contributed by atoms with Crippen molar-refractivity contribution in [2.75, 3.05) is 23.7 Å². The summed E-state index contributed by atoms with van der Waals surface area (Å²) in [5, 5.41) is 6.77. The molecule has 1 fully saturated rings. The first-order valence-corrected chi connectivity index (χ1v) is 12.3. The summed E-state index contributed by atoms with van der Waals surface area (Å²) in [6, 6.07) is 14.2. The van der Waals surface area contributed by atoms with Gasteiger partial charge >= 0.3 is 0 Å². The van der Waals surface area contributed by atoms with Gasteiger partial charge < -0.3 is 21.3 Å². The van der Waals surface area contributed by atoms with Crippen molar-refractivity contribution in [2.45, 2.75) is 44.6 Å². The van der Waals surface area contributed by atoms with Gasteiger partial charge in [0.05, 0.1) is 17.4 Å². The predicted octanol–water partition coefficient (Wildman–Crippen LogP) is 5.06. The number of hydrogen-bond acceptors (Lipinski definition) is 6. The Morgan fingerprint density at radius 3 is 2.59 bits per heavy atom. The number of fused-ring (bicyclic) bond motifs is 1. The minimum atomic E-state index is -0.524. The van der Waals surface area contributed by atoms with Crippen molar-refractivity contribution >= 4 is 40.6 Å². The van der Waals surface area contributed by atoms with Crippen molar-refractivity contribution in [3.8, 4) is 0 Å². The van der Waals surface area contributed by atoms with Gasteiger partial charge in [-0.1, -0.05) is 29.8 Å². The Labute approximate surface area is 204 Å². The first-order valence-electron chi connectivity index (χ1n) is 11.9. The molecule has 2 aromatic carbocycles. The van der Waals surface area contributed by atoms with E-state index in [0.717, 1.165) is 18.5 Å². The van der Waals surface area contributed by atoms with E-state index in [1.807, 2.05) is 6.07 Å². The number of para-hydroxylation sites is 1. The van der Waals surface area contributed by atoms with Gasteiger partial charge in [-0.25, -0.2) is 4.98 Å². The molecule has 1 aliphatic carbocycles. The van der Waals surface area contributed by atoms with E-state index in [0.29, 0.717) is 34.1 Å². The summed E-state index contributed by atoms with van der Waals surface area (Å²) in [6.45, 7) is 2.50. The lowest BCUT2D eigenvalue weighted by molar-refractivity contribution is 0.100. The van der Waals surface area contributed by atoms with Crippen molar-refractivity contribution in [3.63, 3.8) is 0 Å². The van der Waals surface area contributed by atoms with Gasteiger partial charge in [-0.15, -0.1) is 0 Å². The number of nitrogens with zero attached hydrogens (tertiary/aromatic N) is 3. The summed E-state index contributed by atoms with van der Waals surface area (Å²) in [6.07, 6.45) is 8.87. The Morgan fingerprint density at radius 1 is 1.03 bits per heavy atom. The first kappa shape index (κ1) is 22.6. The monoisotopic (exact) mass is 476 g/mol. The minimum Gasteiger partial charge on any atom is -0.366 e. The molecule has 1 unspecified atom stereocenters. The van der Waals surface area contributed by atoms with E-state index >= 15 is 0 Å². The van der Waals surface area contributed by atoms with Crippen LogP contribution < -0.4 is 16.4 Å². The van der Waals surface area contributed by atoms with Crippen molar-refractivity contribution in [1.82, 2.24) is 14.9 Å². The molecule has 176 valence electrons. The van der Waals surface area contributed by atoms with Gasteiger partial charge in [0.2, 0.25) is 5.95 Å². The van der Waals surface area contributed by atoms with Crippen LogP contribution in [0.1, 0.15) is 47.2 Å². The van der Waals surface area contributed by atoms with E-state index in [4.69, 9.17) is 17.3 Å². The first-order chi connectivity index (χ1) is 16.6. The zero-order valence-electron chi connectivity index (χ0n) is 19.1. The van der Waals surface area contributed by atoms with E-state index in [2.05, 4.69) is 43.7 Å². The van der Waals surface area contributed by atoms with Gasteiger partial charge in [-0.05, 0) is 87.0 Å². The second-order valence-corrected chi connectivity index (χ2v) is 9.41. The highest BCUT2D eigenvalue weighted by atomic mass is 35.5. The number of carbonyl (C=O) groups excluding carboxylic acids is 1. The summed E-state index contributed by atoms with van der Waals surface area (Å²) >= 11 is 6.33. The molecule has 34 heavy (non-hydrogen) atoms. The molecule has 5 rings (SSSR count). The number of primary amides is 1. The zero-order chi connectivity index (χ0) is 23.5. The minimum absolute atomic E-state index is 0.347. The van der Waals surface area contributed by atoms with E-state index in [-0.39, 0.29) is 0 Å². The number of benzene rings is 2. The van der Waals surface area contributed by atoms with Gasteiger partial charge in [0, 0.05) is 11.7 Å². The maximum atomic E-state index is 11.7. The van der Waals surface area contributed by atoms with Crippen LogP contribution in [-0.2, 0) is 12.8 Å². The number of halogens is 1. The molecule has 1 atom stereocenters. The number of aromatic nitrogens is 2. The molecule has 3 aromatic rings. The van der Waals surface area contributed by atoms with Gasteiger partial charge in [-0.2, -0.15) is 4.98 Å². The van der Waals surface area contributed by atoms with Crippen LogP contribution in [0, 0.1) is 0 Å². The second kappa shape index (κ2) is 9.99. The van der Waals surface area contributed by atoms with Crippen LogP contribution in [0.5, 0.6) is 0 Å². The highest BCUT2D eigenvalue weighted by molar-refractivity contribution is 6.33. The van der Waals surface area contributed by atoms with Gasteiger partial charge in [0.1, 0.15) is 5.02 Å². The third kappa shape index (κ3) is 5.00. The van der Waals surface area contributed by atoms with E-state index in [1.54, 1.807) is 18.2 Å². The molecule has 0 radical (unpaired) electrons. The van der Waals surface area contributed by atoms with E-state index in [9.17, 15) is 4.79 Å². The largest absolute Gasteiger partial charge is 0.366 e. The molecule has 2 aliphatic rings. The van der Waals surface area contributed by atoms with E-state index < -0.39 is 5.91 Å². The SMILES string of the molecule is NC(=O)c1ccccc1Nc1nc(Nc2ccc3c(c2)CCC(N2CCCC2)CC3)ncc1Cl. The predicted molar refractivity (Wildman–Crippen MR) is 136 cm³/mol. The summed E-state index contributed by atoms with van der Waals surface area (Å²) in [4.78, 5) is 23.3. The van der Waals surface area contributed by atoms with Gasteiger partial charge in [0.25, 0.3) is 5.91 Å². The molecule has 1 aliphatic heterocycles. The Morgan fingerprint density at radius 2 is 1.79 bits per heavy atom. The van der Waals surface area contributed by atoms with Crippen molar-refractivity contribution in [3.05, 3.63) is 70.4 Å². The standard InChI is InChI=1S/C26H29ClN6O/c27-22-16-29-26(32-25(22)31-23-6-2-1-5-21(23)24(28)34)30-19-10-7-17-8-11-20(12-9-18(17)15-19)33-13-3-4-14-33/h1-2,5-7,10,15-16,20H,3-4,8-9,11-14H2,(H2,28,34)(H2,29,30,31,32). The average molecular weight is 477 g/mol. The van der Waals surface area contributed by atoms with Crippen molar-refractivity contribution in [1.29, 1.82) is 0 Å². The Hall–Kier alpha value is -3.16.